The van der Waals surface area contributed by atoms with E-state index >= 15 is 0 Å². The molecule has 0 spiro atoms. The minimum atomic E-state index is -0.601. The van der Waals surface area contributed by atoms with Crippen LogP contribution >= 0.6 is 0 Å². The Morgan fingerprint density at radius 2 is 1.91 bits per heavy atom. The zero-order valence-electron chi connectivity index (χ0n) is 18.0. The molecule has 1 atom stereocenters. The van der Waals surface area contributed by atoms with E-state index in [2.05, 4.69) is 10.3 Å². The molecule has 0 aliphatic heterocycles. The van der Waals surface area contributed by atoms with Crippen molar-refractivity contribution in [1.82, 2.24) is 14.5 Å². The molecule has 4 rings (SSSR count). The van der Waals surface area contributed by atoms with Crippen LogP contribution in [0.2, 0.25) is 0 Å². The van der Waals surface area contributed by atoms with Gasteiger partial charge < -0.3 is 14.6 Å². The Morgan fingerprint density at radius 1 is 1.18 bits per heavy atom. The van der Waals surface area contributed by atoms with Crippen molar-refractivity contribution in [3.05, 3.63) is 99.0 Å². The number of fused-ring (bicyclic) bond motifs is 1. The molecule has 0 aliphatic carbocycles. The Bertz CT molecular complexity index is 1360. The van der Waals surface area contributed by atoms with E-state index in [0.29, 0.717) is 28.2 Å². The Labute approximate surface area is 188 Å². The van der Waals surface area contributed by atoms with E-state index in [1.54, 1.807) is 50.4 Å². The highest BCUT2D eigenvalue weighted by atomic mass is 16.6. The van der Waals surface area contributed by atoms with Gasteiger partial charge in [-0.2, -0.15) is 0 Å². The van der Waals surface area contributed by atoms with Crippen LogP contribution in [0.1, 0.15) is 24.6 Å². The summed E-state index contributed by atoms with van der Waals surface area (Å²) in [6.45, 7) is 1.89. The van der Waals surface area contributed by atoms with Gasteiger partial charge in [0.15, 0.2) is 0 Å². The van der Waals surface area contributed by atoms with Crippen LogP contribution in [-0.4, -0.2) is 25.4 Å². The molecule has 168 valence electrons. The van der Waals surface area contributed by atoms with Gasteiger partial charge in [0, 0.05) is 24.9 Å². The summed E-state index contributed by atoms with van der Waals surface area (Å²) in [6.07, 6.45) is 1.51. The standard InChI is InChI=1S/C23H21N5O5/c1-15(21-25-20-8-4-3-7-19(20)22(29)26(21)2)27(14-18-6-5-13-33-18)23(30)24-16-9-11-17(12-10-16)28(31)32/h3-13,15H,14H2,1-2H3,(H,24,30). The first-order valence-electron chi connectivity index (χ1n) is 10.2. The lowest BCUT2D eigenvalue weighted by atomic mass is 10.2. The quantitative estimate of drug-likeness (QED) is 0.348. The second-order valence-corrected chi connectivity index (χ2v) is 7.47. The summed E-state index contributed by atoms with van der Waals surface area (Å²) in [6, 6.07) is 14.9. The van der Waals surface area contributed by atoms with Gasteiger partial charge in [-0.15, -0.1) is 0 Å². The van der Waals surface area contributed by atoms with Crippen molar-refractivity contribution in [3.63, 3.8) is 0 Å². The van der Waals surface area contributed by atoms with Crippen molar-refractivity contribution in [1.29, 1.82) is 0 Å². The highest BCUT2D eigenvalue weighted by Gasteiger charge is 2.27. The predicted molar refractivity (Wildman–Crippen MR) is 122 cm³/mol. The number of benzene rings is 2. The molecule has 2 aromatic heterocycles. The number of hydrogen-bond donors (Lipinski definition) is 1. The summed E-state index contributed by atoms with van der Waals surface area (Å²) in [4.78, 5) is 42.6. The van der Waals surface area contributed by atoms with Crippen molar-refractivity contribution in [3.8, 4) is 0 Å². The maximum atomic E-state index is 13.3. The zero-order valence-corrected chi connectivity index (χ0v) is 18.0. The molecule has 0 saturated heterocycles. The fraction of sp³-hybridized carbons (Fsp3) is 0.174. The summed E-state index contributed by atoms with van der Waals surface area (Å²) in [7, 11) is 1.62. The molecule has 0 aliphatic rings. The molecule has 10 heteroatoms. The molecule has 0 radical (unpaired) electrons. The number of carbonyl (C=O) groups is 1. The second-order valence-electron chi connectivity index (χ2n) is 7.47. The van der Waals surface area contributed by atoms with Crippen molar-refractivity contribution >= 4 is 28.3 Å². The normalized spacial score (nSPS) is 11.8. The monoisotopic (exact) mass is 447 g/mol. The van der Waals surface area contributed by atoms with Crippen LogP contribution in [0, 0.1) is 10.1 Å². The number of aromatic nitrogens is 2. The van der Waals surface area contributed by atoms with E-state index in [1.165, 1.54) is 40.0 Å². The molecular weight excluding hydrogens is 426 g/mol. The maximum Gasteiger partial charge on any atom is 0.322 e. The van der Waals surface area contributed by atoms with E-state index in [-0.39, 0.29) is 17.8 Å². The fourth-order valence-corrected chi connectivity index (χ4v) is 3.56. The van der Waals surface area contributed by atoms with Crippen LogP contribution in [0.25, 0.3) is 10.9 Å². The average molecular weight is 447 g/mol. The van der Waals surface area contributed by atoms with Crippen LogP contribution in [0.15, 0.2) is 76.1 Å². The van der Waals surface area contributed by atoms with Crippen LogP contribution in [0.3, 0.4) is 0 Å². The lowest BCUT2D eigenvalue weighted by Crippen LogP contribution is -2.39. The van der Waals surface area contributed by atoms with Crippen molar-refractivity contribution < 1.29 is 14.1 Å². The molecule has 2 aromatic carbocycles. The number of nitro benzene ring substituents is 1. The number of anilines is 1. The van der Waals surface area contributed by atoms with E-state index in [0.717, 1.165) is 0 Å². The molecule has 10 nitrogen and oxygen atoms in total. The molecule has 4 aromatic rings. The zero-order chi connectivity index (χ0) is 23.5. The highest BCUT2D eigenvalue weighted by Crippen LogP contribution is 2.24. The summed E-state index contributed by atoms with van der Waals surface area (Å²) >= 11 is 0. The summed E-state index contributed by atoms with van der Waals surface area (Å²) in [5.41, 5.74) is 0.638. The van der Waals surface area contributed by atoms with Gasteiger partial charge in [-0.25, -0.2) is 9.78 Å². The van der Waals surface area contributed by atoms with Gasteiger partial charge in [-0.1, -0.05) is 12.1 Å². The van der Waals surface area contributed by atoms with E-state index in [1.807, 2.05) is 0 Å². The van der Waals surface area contributed by atoms with Crippen LogP contribution in [0.5, 0.6) is 0 Å². The summed E-state index contributed by atoms with van der Waals surface area (Å²) < 4.78 is 6.86. The molecule has 0 fully saturated rings. The third-order valence-electron chi connectivity index (χ3n) is 5.36. The number of rotatable bonds is 6. The van der Waals surface area contributed by atoms with Gasteiger partial charge >= 0.3 is 6.03 Å². The number of urea groups is 1. The maximum absolute atomic E-state index is 13.3. The molecular formula is C23H21N5O5. The fourth-order valence-electron chi connectivity index (χ4n) is 3.56. The Hall–Kier alpha value is -4.47. The number of amides is 2. The van der Waals surface area contributed by atoms with Gasteiger partial charge in [-0.3, -0.25) is 19.5 Å². The molecule has 1 N–H and O–H groups in total. The predicted octanol–water partition coefficient (Wildman–Crippen LogP) is 4.23. The molecule has 2 amide bonds. The third kappa shape index (κ3) is 4.45. The average Bonchev–Trinajstić information content (AvgIpc) is 3.33. The largest absolute Gasteiger partial charge is 0.467 e. The molecule has 33 heavy (non-hydrogen) atoms. The van der Waals surface area contributed by atoms with E-state index < -0.39 is 17.0 Å². The molecule has 0 saturated carbocycles. The number of hydrogen-bond acceptors (Lipinski definition) is 6. The Balaban J connectivity index is 1.69. The van der Waals surface area contributed by atoms with E-state index in [4.69, 9.17) is 4.42 Å². The number of nitro groups is 1. The van der Waals surface area contributed by atoms with Crippen LogP contribution in [-0.2, 0) is 13.6 Å². The van der Waals surface area contributed by atoms with Gasteiger partial charge in [0.05, 0.1) is 34.7 Å². The SMILES string of the molecule is CC(c1nc2ccccc2c(=O)n1C)N(Cc1ccco1)C(=O)Nc1ccc([N+](=O)[O-])cc1. The minimum absolute atomic E-state index is 0.0795. The van der Waals surface area contributed by atoms with E-state index in [9.17, 15) is 19.7 Å². The van der Waals surface area contributed by atoms with Crippen molar-refractivity contribution in [2.45, 2.75) is 19.5 Å². The highest BCUT2D eigenvalue weighted by molar-refractivity contribution is 5.89. The van der Waals surface area contributed by atoms with Crippen LogP contribution < -0.4 is 10.9 Å². The Kier molecular flexibility index (Phi) is 5.90. The van der Waals surface area contributed by atoms with Gasteiger partial charge in [0.25, 0.3) is 11.2 Å². The molecule has 1 unspecified atom stereocenters. The first kappa shape index (κ1) is 21.8. The summed E-state index contributed by atoms with van der Waals surface area (Å²) in [5.74, 6) is 0.954. The number of non-ortho nitro benzene ring substituents is 1. The topological polar surface area (TPSA) is 124 Å². The lowest BCUT2D eigenvalue weighted by Gasteiger charge is -2.29. The summed E-state index contributed by atoms with van der Waals surface area (Å²) in [5, 5.41) is 14.1. The Morgan fingerprint density at radius 3 is 2.58 bits per heavy atom. The first-order valence-corrected chi connectivity index (χ1v) is 10.2. The number of carbonyl (C=O) groups excluding carboxylic acids is 1. The lowest BCUT2D eigenvalue weighted by molar-refractivity contribution is -0.384. The molecule has 2 heterocycles. The van der Waals surface area contributed by atoms with Gasteiger partial charge in [-0.05, 0) is 43.3 Å². The third-order valence-corrected chi connectivity index (χ3v) is 5.36. The smallest absolute Gasteiger partial charge is 0.322 e. The first-order chi connectivity index (χ1) is 15.8. The molecule has 0 bridgehead atoms. The number of para-hydroxylation sites is 1. The van der Waals surface area contributed by atoms with Crippen LogP contribution in [0.4, 0.5) is 16.2 Å². The number of furan rings is 1. The van der Waals surface area contributed by atoms with Gasteiger partial charge in [0.2, 0.25) is 0 Å². The number of nitrogens with zero attached hydrogens (tertiary/aromatic N) is 4. The second kappa shape index (κ2) is 8.95. The van der Waals surface area contributed by atoms with Gasteiger partial charge in [0.1, 0.15) is 11.6 Å². The van der Waals surface area contributed by atoms with Crippen molar-refractivity contribution in [2.24, 2.45) is 7.05 Å². The van der Waals surface area contributed by atoms with Crippen molar-refractivity contribution in [2.75, 3.05) is 5.32 Å². The number of nitrogens with one attached hydrogen (secondary N) is 1. The minimum Gasteiger partial charge on any atom is -0.467 e.